The van der Waals surface area contributed by atoms with Crippen LogP contribution in [0.25, 0.3) is 0 Å². The van der Waals surface area contributed by atoms with E-state index in [-0.39, 0.29) is 5.73 Å². The third kappa shape index (κ3) is 7.15. The Kier molecular flexibility index (Phi) is 11.7. The maximum Gasteiger partial charge on any atom is 0.531 e. The molecule has 0 amide bonds. The van der Waals surface area contributed by atoms with Gasteiger partial charge in [0, 0.05) is 19.8 Å². The fourth-order valence-corrected chi connectivity index (χ4v) is 4.37. The number of rotatable bonds is 13. The first-order chi connectivity index (χ1) is 9.56. The molecule has 0 aliphatic heterocycles. The fraction of sp³-hybridized carbons (Fsp3) is 1.00. The highest BCUT2D eigenvalue weighted by Crippen LogP contribution is 2.20. The van der Waals surface area contributed by atoms with Gasteiger partial charge in [-0.3, -0.25) is 0 Å². The summed E-state index contributed by atoms with van der Waals surface area (Å²) in [5.74, 6) is 0. The summed E-state index contributed by atoms with van der Waals surface area (Å²) in [6, 6.07) is 0. The molecule has 0 aromatic heterocycles. The summed E-state index contributed by atoms with van der Waals surface area (Å²) in [7, 11) is -2.92. The zero-order valence-corrected chi connectivity index (χ0v) is 14.7. The zero-order valence-electron chi connectivity index (χ0n) is 13.7. The van der Waals surface area contributed by atoms with Gasteiger partial charge < -0.3 is 23.1 Å². The van der Waals surface area contributed by atoms with E-state index < -0.39 is 15.1 Å². The largest absolute Gasteiger partial charge is 0.531 e. The van der Waals surface area contributed by atoms with E-state index in [0.29, 0.717) is 26.2 Å². The van der Waals surface area contributed by atoms with Crippen molar-refractivity contribution < 1.29 is 23.1 Å². The van der Waals surface area contributed by atoms with Gasteiger partial charge in [0.15, 0.2) is 6.29 Å². The van der Waals surface area contributed by atoms with Gasteiger partial charge in [-0.25, -0.2) is 0 Å². The molecular weight excluding hydrogens is 276 g/mol. The molecule has 6 heteroatoms. The molecule has 0 aliphatic carbocycles. The average Bonchev–Trinajstić information content (AvgIpc) is 2.46. The van der Waals surface area contributed by atoms with Crippen molar-refractivity contribution in [2.45, 2.75) is 72.3 Å². The number of aliphatic hydroxyl groups is 1. The topological polar surface area (TPSA) is 57.2 Å². The van der Waals surface area contributed by atoms with Crippen LogP contribution in [0.4, 0.5) is 0 Å². The van der Waals surface area contributed by atoms with Crippen molar-refractivity contribution in [3.8, 4) is 0 Å². The standard InChI is InChI=1S/C14H32O5Si/c1-6-10-16-20(17-11-7-2,18-12-8-3)13(5)19-14(15)9-4/h13-15H,6-12H2,1-5H3. The van der Waals surface area contributed by atoms with Crippen molar-refractivity contribution in [3.05, 3.63) is 0 Å². The number of hydrogen-bond donors (Lipinski definition) is 1. The van der Waals surface area contributed by atoms with Crippen molar-refractivity contribution in [1.29, 1.82) is 0 Å². The van der Waals surface area contributed by atoms with Crippen LogP contribution in [0.2, 0.25) is 0 Å². The second-order valence-corrected chi connectivity index (χ2v) is 7.68. The van der Waals surface area contributed by atoms with Crippen LogP contribution in [0.15, 0.2) is 0 Å². The Morgan fingerprint density at radius 3 is 1.55 bits per heavy atom. The normalized spacial score (nSPS) is 15.3. The lowest BCUT2D eigenvalue weighted by Crippen LogP contribution is -2.57. The summed E-state index contributed by atoms with van der Waals surface area (Å²) in [6.07, 6.45) is 2.40. The minimum Gasteiger partial charge on any atom is -0.372 e. The molecule has 0 rings (SSSR count). The highest BCUT2D eigenvalue weighted by atomic mass is 28.4. The molecule has 2 atom stereocenters. The third-order valence-corrected chi connectivity index (χ3v) is 5.68. The van der Waals surface area contributed by atoms with E-state index in [9.17, 15) is 5.11 Å². The van der Waals surface area contributed by atoms with Crippen LogP contribution in [0.1, 0.15) is 60.3 Å². The molecule has 0 radical (unpaired) electrons. The number of aliphatic hydroxyl groups excluding tert-OH is 1. The van der Waals surface area contributed by atoms with Crippen LogP contribution in [0.3, 0.4) is 0 Å². The van der Waals surface area contributed by atoms with Crippen LogP contribution in [-0.2, 0) is 18.0 Å². The minimum atomic E-state index is -2.92. The monoisotopic (exact) mass is 308 g/mol. The van der Waals surface area contributed by atoms with Crippen molar-refractivity contribution in [2.24, 2.45) is 0 Å². The van der Waals surface area contributed by atoms with Gasteiger partial charge in [-0.1, -0.05) is 27.7 Å². The van der Waals surface area contributed by atoms with E-state index in [1.54, 1.807) is 0 Å². The summed E-state index contributed by atoms with van der Waals surface area (Å²) < 4.78 is 23.4. The molecule has 0 aliphatic rings. The molecule has 0 aromatic rings. The van der Waals surface area contributed by atoms with Crippen molar-refractivity contribution >= 4 is 8.80 Å². The summed E-state index contributed by atoms with van der Waals surface area (Å²) >= 11 is 0. The molecule has 0 aromatic carbocycles. The summed E-state index contributed by atoms with van der Waals surface area (Å²) in [5.41, 5.74) is -0.373. The third-order valence-electron chi connectivity index (χ3n) is 2.73. The van der Waals surface area contributed by atoms with Gasteiger partial charge in [0.2, 0.25) is 0 Å². The lowest BCUT2D eigenvalue weighted by atomic mass is 10.5. The van der Waals surface area contributed by atoms with Gasteiger partial charge in [0.25, 0.3) is 0 Å². The first-order valence-corrected chi connectivity index (χ1v) is 9.61. The first kappa shape index (κ1) is 20.0. The molecule has 0 fully saturated rings. The quantitative estimate of drug-likeness (QED) is 0.419. The Balaban J connectivity index is 4.89. The summed E-state index contributed by atoms with van der Waals surface area (Å²) in [6.45, 7) is 11.6. The first-order valence-electron chi connectivity index (χ1n) is 7.81. The average molecular weight is 308 g/mol. The lowest BCUT2D eigenvalue weighted by molar-refractivity contribution is -0.133. The minimum absolute atomic E-state index is 0.373. The molecule has 0 saturated heterocycles. The van der Waals surface area contributed by atoms with Crippen LogP contribution in [0, 0.1) is 0 Å². The van der Waals surface area contributed by atoms with E-state index in [0.717, 1.165) is 19.3 Å². The molecule has 0 spiro atoms. The second-order valence-electron chi connectivity index (χ2n) is 4.79. The maximum atomic E-state index is 9.70. The second kappa shape index (κ2) is 11.7. The van der Waals surface area contributed by atoms with Gasteiger partial charge in [-0.2, -0.15) is 0 Å². The van der Waals surface area contributed by atoms with Gasteiger partial charge in [-0.05, 0) is 32.6 Å². The van der Waals surface area contributed by atoms with Crippen LogP contribution >= 0.6 is 0 Å². The summed E-state index contributed by atoms with van der Waals surface area (Å²) in [4.78, 5) is 0. The Hall–Kier alpha value is 0.0169. The Labute approximate surface area is 124 Å². The van der Waals surface area contributed by atoms with E-state index >= 15 is 0 Å². The Morgan fingerprint density at radius 2 is 1.25 bits per heavy atom. The zero-order chi connectivity index (χ0) is 15.4. The van der Waals surface area contributed by atoms with Crippen LogP contribution in [0.5, 0.6) is 0 Å². The molecule has 2 unspecified atom stereocenters. The SMILES string of the molecule is CCCO[Si](OCCC)(OCCC)C(C)OC(O)CC. The van der Waals surface area contributed by atoms with E-state index in [1.807, 2.05) is 34.6 Å². The molecule has 5 nitrogen and oxygen atoms in total. The molecule has 0 bridgehead atoms. The molecule has 0 heterocycles. The molecule has 20 heavy (non-hydrogen) atoms. The van der Waals surface area contributed by atoms with Crippen molar-refractivity contribution in [1.82, 2.24) is 0 Å². The van der Waals surface area contributed by atoms with Gasteiger partial charge in [0.1, 0.15) is 5.73 Å². The predicted octanol–water partition coefficient (Wildman–Crippen LogP) is 2.88. The smallest absolute Gasteiger partial charge is 0.372 e. The van der Waals surface area contributed by atoms with E-state index in [2.05, 4.69) is 0 Å². The van der Waals surface area contributed by atoms with Crippen LogP contribution in [-0.4, -0.2) is 45.7 Å². The highest BCUT2D eigenvalue weighted by molar-refractivity contribution is 6.62. The Morgan fingerprint density at radius 1 is 0.850 bits per heavy atom. The molecular formula is C14H32O5Si. The maximum absolute atomic E-state index is 9.70. The van der Waals surface area contributed by atoms with Crippen molar-refractivity contribution in [3.63, 3.8) is 0 Å². The lowest BCUT2D eigenvalue weighted by Gasteiger charge is -2.34. The molecule has 0 saturated carbocycles. The fourth-order valence-electron chi connectivity index (χ4n) is 1.63. The number of hydrogen-bond acceptors (Lipinski definition) is 5. The highest BCUT2D eigenvalue weighted by Gasteiger charge is 2.49. The van der Waals surface area contributed by atoms with E-state index in [1.165, 1.54) is 0 Å². The van der Waals surface area contributed by atoms with Gasteiger partial charge in [0.05, 0.1) is 0 Å². The molecule has 1 N–H and O–H groups in total. The van der Waals surface area contributed by atoms with Gasteiger partial charge in [-0.15, -0.1) is 0 Å². The van der Waals surface area contributed by atoms with E-state index in [4.69, 9.17) is 18.0 Å². The van der Waals surface area contributed by atoms with Gasteiger partial charge >= 0.3 is 8.80 Å². The Bertz CT molecular complexity index is 206. The van der Waals surface area contributed by atoms with Crippen LogP contribution < -0.4 is 0 Å². The predicted molar refractivity (Wildman–Crippen MR) is 81.3 cm³/mol. The van der Waals surface area contributed by atoms with Crippen molar-refractivity contribution in [2.75, 3.05) is 19.8 Å². The number of ether oxygens (including phenoxy) is 1. The summed E-state index contributed by atoms with van der Waals surface area (Å²) in [5, 5.41) is 9.70. The molecule has 122 valence electrons.